The lowest BCUT2D eigenvalue weighted by Gasteiger charge is -2.25. The molecule has 0 aromatic rings. The number of aliphatic hydroxyl groups excluding tert-OH is 1. The van der Waals surface area contributed by atoms with Gasteiger partial charge in [-0.3, -0.25) is 4.18 Å². The first-order valence-corrected chi connectivity index (χ1v) is 13.0. The van der Waals surface area contributed by atoms with E-state index in [2.05, 4.69) is 4.99 Å². The predicted octanol–water partition coefficient (Wildman–Crippen LogP) is 3.60. The molecule has 0 radical (unpaired) electrons. The van der Waals surface area contributed by atoms with Crippen LogP contribution in [-0.2, 0) is 33.3 Å². The molecule has 194 valence electrons. The molecule has 0 heterocycles. The number of carbonyl (C=O) groups excluding carboxylic acids is 2. The van der Waals surface area contributed by atoms with Crippen molar-refractivity contribution in [3.63, 3.8) is 0 Å². The number of ether oxygens (including phenoxy) is 3. The summed E-state index contributed by atoms with van der Waals surface area (Å²) in [6.45, 7) is 12.4. The van der Waals surface area contributed by atoms with Crippen LogP contribution in [0.5, 0.6) is 0 Å². The molecule has 0 saturated carbocycles. The third-order valence-corrected chi connectivity index (χ3v) is 5.18. The summed E-state index contributed by atoms with van der Waals surface area (Å²) in [5.41, 5.74) is -1.66. The minimum Gasteiger partial charge on any atom is -0.455 e. The molecule has 0 rings (SSSR count). The SMILES string of the molecule is CCOC(O)C(CCCOS(C)(=O)=O)CC/C(=N\C(=O)OC(C)(C)C)C(=O)OC(C)(C)CC. The number of carbonyl (C=O) groups is 2. The van der Waals surface area contributed by atoms with Crippen LogP contribution in [0.25, 0.3) is 0 Å². The fourth-order valence-electron chi connectivity index (χ4n) is 2.59. The van der Waals surface area contributed by atoms with Crippen LogP contribution in [-0.4, -0.2) is 68.3 Å². The Bertz CT molecular complexity index is 754. The fraction of sp³-hybridized carbons (Fsp3) is 0.864. The van der Waals surface area contributed by atoms with E-state index in [4.69, 9.17) is 18.4 Å². The monoisotopic (exact) mass is 495 g/mol. The molecule has 11 heteroatoms. The largest absolute Gasteiger partial charge is 0.455 e. The lowest BCUT2D eigenvalue weighted by molar-refractivity contribution is -0.148. The van der Waals surface area contributed by atoms with Crippen molar-refractivity contribution >= 4 is 27.9 Å². The molecule has 33 heavy (non-hydrogen) atoms. The van der Waals surface area contributed by atoms with Crippen LogP contribution in [0.4, 0.5) is 4.79 Å². The highest BCUT2D eigenvalue weighted by molar-refractivity contribution is 7.85. The second-order valence-electron chi connectivity index (χ2n) is 9.35. The topological polar surface area (TPSA) is 138 Å². The molecule has 0 saturated heterocycles. The average Bonchev–Trinajstić information content (AvgIpc) is 2.63. The molecule has 2 unspecified atom stereocenters. The number of esters is 1. The van der Waals surface area contributed by atoms with Crippen molar-refractivity contribution in [2.24, 2.45) is 10.9 Å². The Hall–Kier alpha value is -1.56. The number of rotatable bonds is 14. The molecular formula is C22H41NO9S. The molecule has 10 nitrogen and oxygen atoms in total. The smallest absolute Gasteiger partial charge is 0.434 e. The highest BCUT2D eigenvalue weighted by atomic mass is 32.2. The van der Waals surface area contributed by atoms with Crippen LogP contribution in [0.1, 0.15) is 80.6 Å². The lowest BCUT2D eigenvalue weighted by atomic mass is 9.95. The third kappa shape index (κ3) is 15.8. The Morgan fingerprint density at radius 1 is 1.03 bits per heavy atom. The standard InChI is InChI=1S/C22H41NO9S/c1-9-22(6,7)31-19(25)17(23-20(26)32-21(3,4)5)14-13-16(18(24)29-10-2)12-11-15-30-33(8,27)28/h16,18,24H,9-15H2,1-8H3/b23-17+. The van der Waals surface area contributed by atoms with Gasteiger partial charge in [-0.25, -0.2) is 9.59 Å². The summed E-state index contributed by atoms with van der Waals surface area (Å²) in [7, 11) is -3.56. The molecule has 2 atom stereocenters. The van der Waals surface area contributed by atoms with Gasteiger partial charge in [-0.15, -0.1) is 0 Å². The van der Waals surface area contributed by atoms with Crippen molar-refractivity contribution in [1.29, 1.82) is 0 Å². The first kappa shape index (κ1) is 31.4. The van der Waals surface area contributed by atoms with Gasteiger partial charge in [0.1, 0.15) is 16.9 Å². The Morgan fingerprint density at radius 3 is 2.12 bits per heavy atom. The Kier molecular flexibility index (Phi) is 13.3. The number of nitrogens with zero attached hydrogens (tertiary/aromatic N) is 1. The lowest BCUT2D eigenvalue weighted by Crippen LogP contribution is -2.33. The van der Waals surface area contributed by atoms with Gasteiger partial charge in [0, 0.05) is 12.5 Å². The van der Waals surface area contributed by atoms with Gasteiger partial charge in [0.25, 0.3) is 10.1 Å². The van der Waals surface area contributed by atoms with Gasteiger partial charge in [-0.05, 0) is 73.6 Å². The van der Waals surface area contributed by atoms with E-state index < -0.39 is 45.6 Å². The van der Waals surface area contributed by atoms with Gasteiger partial charge in [-0.1, -0.05) is 6.92 Å². The van der Waals surface area contributed by atoms with Crippen LogP contribution in [0.2, 0.25) is 0 Å². The minimum absolute atomic E-state index is 0.0274. The van der Waals surface area contributed by atoms with Gasteiger partial charge >= 0.3 is 12.1 Å². The van der Waals surface area contributed by atoms with Gasteiger partial charge in [-0.2, -0.15) is 13.4 Å². The molecule has 0 aliphatic rings. The summed E-state index contributed by atoms with van der Waals surface area (Å²) < 4.78 is 43.0. The van der Waals surface area contributed by atoms with Crippen LogP contribution < -0.4 is 0 Å². The minimum atomic E-state index is -3.56. The van der Waals surface area contributed by atoms with Crippen molar-refractivity contribution in [2.75, 3.05) is 19.5 Å². The van der Waals surface area contributed by atoms with E-state index in [-0.39, 0.29) is 31.8 Å². The van der Waals surface area contributed by atoms with Gasteiger partial charge in [0.15, 0.2) is 6.29 Å². The molecule has 0 spiro atoms. The maximum Gasteiger partial charge on any atom is 0.434 e. The summed E-state index contributed by atoms with van der Waals surface area (Å²) in [6, 6.07) is 0. The van der Waals surface area contributed by atoms with E-state index in [0.717, 1.165) is 6.26 Å². The Labute approximate surface area is 198 Å². The van der Waals surface area contributed by atoms with Crippen molar-refractivity contribution in [3.8, 4) is 0 Å². The number of amides is 1. The molecule has 0 aromatic heterocycles. The van der Waals surface area contributed by atoms with Crippen molar-refractivity contribution in [2.45, 2.75) is 98.1 Å². The van der Waals surface area contributed by atoms with Crippen LogP contribution in [0, 0.1) is 5.92 Å². The third-order valence-electron chi connectivity index (χ3n) is 4.59. The summed E-state index contributed by atoms with van der Waals surface area (Å²) in [5.74, 6) is -1.19. The zero-order chi connectivity index (χ0) is 25.9. The average molecular weight is 496 g/mol. The maximum absolute atomic E-state index is 12.8. The van der Waals surface area contributed by atoms with E-state index in [1.807, 2.05) is 6.92 Å². The second kappa shape index (κ2) is 14.0. The molecule has 0 fully saturated rings. The van der Waals surface area contributed by atoms with E-state index in [9.17, 15) is 23.1 Å². The molecule has 0 aliphatic heterocycles. The Balaban J connectivity index is 5.49. The van der Waals surface area contributed by atoms with Crippen molar-refractivity contribution in [1.82, 2.24) is 0 Å². The zero-order valence-corrected chi connectivity index (χ0v) is 22.0. The second-order valence-corrected chi connectivity index (χ2v) is 11.0. The normalized spacial score (nSPS) is 15.1. The molecule has 1 amide bonds. The molecule has 0 aromatic carbocycles. The fourth-order valence-corrected chi connectivity index (χ4v) is 3.02. The van der Waals surface area contributed by atoms with Gasteiger partial charge in [0.05, 0.1) is 12.9 Å². The number of hydrogen-bond acceptors (Lipinski definition) is 9. The first-order valence-electron chi connectivity index (χ1n) is 11.2. The molecule has 0 bridgehead atoms. The van der Waals surface area contributed by atoms with E-state index in [1.54, 1.807) is 41.5 Å². The first-order chi connectivity index (χ1) is 15.0. The summed E-state index contributed by atoms with van der Waals surface area (Å²) >= 11 is 0. The summed E-state index contributed by atoms with van der Waals surface area (Å²) in [5, 5.41) is 10.3. The van der Waals surface area contributed by atoms with Crippen molar-refractivity contribution < 1.29 is 41.5 Å². The number of aliphatic hydroxyl groups is 1. The van der Waals surface area contributed by atoms with E-state index in [1.165, 1.54) is 0 Å². The highest BCUT2D eigenvalue weighted by Crippen LogP contribution is 2.22. The van der Waals surface area contributed by atoms with Gasteiger partial charge in [0.2, 0.25) is 0 Å². The number of hydrogen-bond donors (Lipinski definition) is 1. The quantitative estimate of drug-likeness (QED) is 0.126. The van der Waals surface area contributed by atoms with Gasteiger partial charge < -0.3 is 19.3 Å². The van der Waals surface area contributed by atoms with Crippen LogP contribution >= 0.6 is 0 Å². The molecular weight excluding hydrogens is 454 g/mol. The van der Waals surface area contributed by atoms with E-state index in [0.29, 0.717) is 19.3 Å². The van der Waals surface area contributed by atoms with Crippen LogP contribution in [0.15, 0.2) is 4.99 Å². The van der Waals surface area contributed by atoms with Crippen LogP contribution in [0.3, 0.4) is 0 Å². The van der Waals surface area contributed by atoms with Crippen molar-refractivity contribution in [3.05, 3.63) is 0 Å². The Morgan fingerprint density at radius 2 is 1.64 bits per heavy atom. The molecule has 0 aliphatic carbocycles. The number of aliphatic imine (C=N–C) groups is 1. The molecule has 1 N–H and O–H groups in total. The zero-order valence-electron chi connectivity index (χ0n) is 21.2. The summed E-state index contributed by atoms with van der Waals surface area (Å²) in [6.07, 6.45) is 0.446. The maximum atomic E-state index is 12.8. The van der Waals surface area contributed by atoms with E-state index >= 15 is 0 Å². The summed E-state index contributed by atoms with van der Waals surface area (Å²) in [4.78, 5) is 28.8. The predicted molar refractivity (Wildman–Crippen MR) is 125 cm³/mol. The highest BCUT2D eigenvalue weighted by Gasteiger charge is 2.28.